The van der Waals surface area contributed by atoms with Gasteiger partial charge in [-0.2, -0.15) is 0 Å². The fourth-order valence-corrected chi connectivity index (χ4v) is 1.96. The lowest BCUT2D eigenvalue weighted by Crippen LogP contribution is -2.29. The van der Waals surface area contributed by atoms with E-state index in [1.807, 2.05) is 4.68 Å². The molecule has 0 bridgehead atoms. The molecule has 1 saturated heterocycles. The van der Waals surface area contributed by atoms with Gasteiger partial charge in [0.05, 0.1) is 0 Å². The Balaban J connectivity index is 1.95. The average molecular weight is 195 g/mol. The van der Waals surface area contributed by atoms with Crippen molar-refractivity contribution in [3.05, 3.63) is 5.82 Å². The molecule has 0 aromatic carbocycles. The van der Waals surface area contributed by atoms with Crippen molar-refractivity contribution >= 4 is 0 Å². The Bertz CT molecular complexity index is 276. The fourth-order valence-electron chi connectivity index (χ4n) is 1.96. The topological polar surface area (TPSA) is 55.6 Å². The molecular formula is C9H17N5. The summed E-state index contributed by atoms with van der Waals surface area (Å²) in [5, 5.41) is 15.1. The zero-order valence-corrected chi connectivity index (χ0v) is 8.61. The third-order valence-corrected chi connectivity index (χ3v) is 2.84. The molecule has 5 heteroatoms. The number of aryl methyl sites for hydroxylation is 1. The van der Waals surface area contributed by atoms with E-state index < -0.39 is 0 Å². The number of nitrogens with one attached hydrogen (secondary N) is 1. The molecular weight excluding hydrogens is 178 g/mol. The van der Waals surface area contributed by atoms with Gasteiger partial charge in [-0.15, -0.1) is 5.10 Å². The van der Waals surface area contributed by atoms with Crippen LogP contribution in [0.25, 0.3) is 0 Å². The molecule has 0 unspecified atom stereocenters. The third kappa shape index (κ3) is 2.09. The van der Waals surface area contributed by atoms with Gasteiger partial charge in [0.1, 0.15) is 0 Å². The van der Waals surface area contributed by atoms with Crippen LogP contribution < -0.4 is 5.32 Å². The van der Waals surface area contributed by atoms with Gasteiger partial charge in [0.25, 0.3) is 0 Å². The Morgan fingerprint density at radius 2 is 2.21 bits per heavy atom. The summed E-state index contributed by atoms with van der Waals surface area (Å²) in [5.74, 6) is 1.80. The largest absolute Gasteiger partial charge is 0.317 e. The van der Waals surface area contributed by atoms with Gasteiger partial charge in [-0.1, -0.05) is 0 Å². The summed E-state index contributed by atoms with van der Waals surface area (Å²) in [6.07, 6.45) is 3.52. The van der Waals surface area contributed by atoms with Gasteiger partial charge >= 0.3 is 0 Å². The lowest BCUT2D eigenvalue weighted by atomic mass is 9.94. The van der Waals surface area contributed by atoms with Gasteiger partial charge in [0, 0.05) is 13.0 Å². The highest BCUT2D eigenvalue weighted by atomic mass is 15.5. The van der Waals surface area contributed by atoms with Crippen LogP contribution in [0.5, 0.6) is 0 Å². The lowest BCUT2D eigenvalue weighted by Gasteiger charge is -2.21. The molecule has 0 amide bonds. The molecule has 0 radical (unpaired) electrons. The average Bonchev–Trinajstić information content (AvgIpc) is 2.67. The van der Waals surface area contributed by atoms with Crippen molar-refractivity contribution < 1.29 is 0 Å². The third-order valence-electron chi connectivity index (χ3n) is 2.84. The maximum Gasteiger partial charge on any atom is 0.151 e. The van der Waals surface area contributed by atoms with Gasteiger partial charge in [-0.05, 0) is 49.2 Å². The molecule has 2 rings (SSSR count). The Morgan fingerprint density at radius 1 is 1.43 bits per heavy atom. The second-order valence-electron chi connectivity index (χ2n) is 3.81. The van der Waals surface area contributed by atoms with E-state index in [2.05, 4.69) is 27.8 Å². The van der Waals surface area contributed by atoms with Gasteiger partial charge in [0.15, 0.2) is 5.82 Å². The minimum absolute atomic E-state index is 0.757. The van der Waals surface area contributed by atoms with Crippen LogP contribution in [0, 0.1) is 5.92 Å². The first-order valence-electron chi connectivity index (χ1n) is 5.36. The Kier molecular flexibility index (Phi) is 3.08. The summed E-state index contributed by atoms with van der Waals surface area (Å²) in [4.78, 5) is 0. The van der Waals surface area contributed by atoms with Crippen LogP contribution in [0.3, 0.4) is 0 Å². The highest BCUT2D eigenvalue weighted by Crippen LogP contribution is 2.15. The van der Waals surface area contributed by atoms with Crippen LogP contribution in [0.2, 0.25) is 0 Å². The van der Waals surface area contributed by atoms with E-state index in [0.29, 0.717) is 0 Å². The van der Waals surface area contributed by atoms with Crippen LogP contribution in [-0.2, 0) is 13.0 Å². The molecule has 1 aromatic heterocycles. The monoisotopic (exact) mass is 195 g/mol. The predicted octanol–water partition coefficient (Wildman–Crippen LogP) is 0.235. The molecule has 0 aliphatic carbocycles. The summed E-state index contributed by atoms with van der Waals surface area (Å²) in [5.41, 5.74) is 0. The maximum absolute atomic E-state index is 4.06. The van der Waals surface area contributed by atoms with E-state index in [-0.39, 0.29) is 0 Å². The number of piperidine rings is 1. The molecule has 1 fully saturated rings. The Hall–Kier alpha value is -0.970. The zero-order valence-electron chi connectivity index (χ0n) is 8.61. The Labute approximate surface area is 83.9 Å². The highest BCUT2D eigenvalue weighted by molar-refractivity contribution is 4.85. The van der Waals surface area contributed by atoms with Crippen molar-refractivity contribution in [2.45, 2.75) is 32.7 Å². The minimum Gasteiger partial charge on any atom is -0.317 e. The van der Waals surface area contributed by atoms with Crippen LogP contribution in [0.4, 0.5) is 0 Å². The minimum atomic E-state index is 0.757. The first kappa shape index (κ1) is 9.58. The van der Waals surface area contributed by atoms with Crippen molar-refractivity contribution in [3.63, 3.8) is 0 Å². The molecule has 78 valence electrons. The number of nitrogens with zero attached hydrogens (tertiary/aromatic N) is 4. The Morgan fingerprint density at radius 3 is 2.93 bits per heavy atom. The van der Waals surface area contributed by atoms with E-state index in [1.165, 1.54) is 12.8 Å². The molecule has 1 aromatic rings. The first-order valence-corrected chi connectivity index (χ1v) is 5.36. The normalized spacial score (nSPS) is 18.6. The number of hydrogen-bond acceptors (Lipinski definition) is 4. The molecule has 1 aliphatic heterocycles. The maximum atomic E-state index is 4.06. The van der Waals surface area contributed by atoms with Crippen molar-refractivity contribution in [3.8, 4) is 0 Å². The van der Waals surface area contributed by atoms with Crippen molar-refractivity contribution in [1.82, 2.24) is 25.5 Å². The van der Waals surface area contributed by atoms with Gasteiger partial charge in [0.2, 0.25) is 0 Å². The van der Waals surface area contributed by atoms with Crippen LogP contribution in [-0.4, -0.2) is 33.3 Å². The van der Waals surface area contributed by atoms with E-state index in [4.69, 9.17) is 0 Å². The van der Waals surface area contributed by atoms with Gasteiger partial charge < -0.3 is 5.32 Å². The van der Waals surface area contributed by atoms with Crippen molar-refractivity contribution in [1.29, 1.82) is 0 Å². The van der Waals surface area contributed by atoms with E-state index in [9.17, 15) is 0 Å². The van der Waals surface area contributed by atoms with Gasteiger partial charge in [-0.25, -0.2) is 4.68 Å². The summed E-state index contributed by atoms with van der Waals surface area (Å²) in [7, 11) is 0. The molecule has 5 nitrogen and oxygen atoms in total. The summed E-state index contributed by atoms with van der Waals surface area (Å²) >= 11 is 0. The van der Waals surface area contributed by atoms with E-state index in [1.54, 1.807) is 0 Å². The van der Waals surface area contributed by atoms with E-state index in [0.717, 1.165) is 37.8 Å². The molecule has 0 spiro atoms. The molecule has 0 atom stereocenters. The zero-order chi connectivity index (χ0) is 9.80. The highest BCUT2D eigenvalue weighted by Gasteiger charge is 2.16. The quantitative estimate of drug-likeness (QED) is 0.750. The van der Waals surface area contributed by atoms with Crippen molar-refractivity contribution in [2.24, 2.45) is 5.92 Å². The van der Waals surface area contributed by atoms with E-state index >= 15 is 0 Å². The van der Waals surface area contributed by atoms with Crippen molar-refractivity contribution in [2.75, 3.05) is 13.1 Å². The smallest absolute Gasteiger partial charge is 0.151 e. The number of hydrogen-bond donors (Lipinski definition) is 1. The lowest BCUT2D eigenvalue weighted by molar-refractivity contribution is 0.361. The SMILES string of the molecule is CCn1nnnc1CC1CCNCC1. The predicted molar refractivity (Wildman–Crippen MR) is 52.8 cm³/mol. The summed E-state index contributed by atoms with van der Waals surface area (Å²) < 4.78 is 1.89. The number of rotatable bonds is 3. The van der Waals surface area contributed by atoms with Crippen LogP contribution >= 0.6 is 0 Å². The summed E-state index contributed by atoms with van der Waals surface area (Å²) in [6.45, 7) is 5.21. The number of tetrazole rings is 1. The molecule has 1 aliphatic rings. The molecule has 14 heavy (non-hydrogen) atoms. The second kappa shape index (κ2) is 4.50. The molecule has 0 saturated carbocycles. The van der Waals surface area contributed by atoms with Crippen LogP contribution in [0.1, 0.15) is 25.6 Å². The first-order chi connectivity index (χ1) is 6.90. The summed E-state index contributed by atoms with van der Waals surface area (Å²) in [6, 6.07) is 0. The fraction of sp³-hybridized carbons (Fsp3) is 0.889. The van der Waals surface area contributed by atoms with Gasteiger partial charge in [-0.3, -0.25) is 0 Å². The van der Waals surface area contributed by atoms with Crippen LogP contribution in [0.15, 0.2) is 0 Å². The molecule has 1 N–H and O–H groups in total. The standard InChI is InChI=1S/C9H17N5/c1-2-14-9(11-12-13-14)7-8-3-5-10-6-4-8/h8,10H,2-7H2,1H3. The second-order valence-corrected chi connectivity index (χ2v) is 3.81. The molecule has 2 heterocycles. The number of aromatic nitrogens is 4.